The quantitative estimate of drug-likeness (QED) is 0.435. The molecular formula is C13H14BrClF2O3. The molecule has 0 heterocycles. The van der Waals surface area contributed by atoms with E-state index in [1.54, 1.807) is 7.11 Å². The molecule has 1 saturated carbocycles. The highest BCUT2D eigenvalue weighted by Gasteiger charge is 2.43. The van der Waals surface area contributed by atoms with Gasteiger partial charge >= 0.3 is 0 Å². The number of halogens is 4. The fraction of sp³-hybridized carbons (Fsp3) is 0.538. The van der Waals surface area contributed by atoms with E-state index in [-0.39, 0.29) is 17.2 Å². The molecule has 3 atom stereocenters. The van der Waals surface area contributed by atoms with Crippen LogP contribution in [0.3, 0.4) is 0 Å². The minimum absolute atomic E-state index is 0.147. The van der Waals surface area contributed by atoms with Crippen molar-refractivity contribution in [2.75, 3.05) is 20.3 Å². The lowest BCUT2D eigenvalue weighted by molar-refractivity contribution is -0.0908. The zero-order valence-corrected chi connectivity index (χ0v) is 13.1. The van der Waals surface area contributed by atoms with Crippen LogP contribution in [0.2, 0.25) is 0 Å². The lowest BCUT2D eigenvalue weighted by Crippen LogP contribution is -2.53. The molecule has 0 saturated heterocycles. The van der Waals surface area contributed by atoms with E-state index in [1.165, 1.54) is 6.07 Å². The summed E-state index contributed by atoms with van der Waals surface area (Å²) in [6.45, 7) is 0.812. The van der Waals surface area contributed by atoms with Crippen molar-refractivity contribution in [3.8, 4) is 5.75 Å². The van der Waals surface area contributed by atoms with Crippen molar-refractivity contribution in [1.82, 2.24) is 0 Å². The minimum atomic E-state index is -1.01. The van der Waals surface area contributed by atoms with Crippen LogP contribution in [0.4, 0.5) is 8.78 Å². The number of ether oxygens (including phenoxy) is 3. The van der Waals surface area contributed by atoms with Gasteiger partial charge in [-0.2, -0.15) is 4.39 Å². The molecule has 1 aliphatic rings. The summed E-state index contributed by atoms with van der Waals surface area (Å²) in [5.74, 6) is -2.12. The summed E-state index contributed by atoms with van der Waals surface area (Å²) < 4.78 is 43.1. The van der Waals surface area contributed by atoms with Gasteiger partial charge in [0.15, 0.2) is 11.6 Å². The second-order valence-corrected chi connectivity index (χ2v) is 5.91. The van der Waals surface area contributed by atoms with Crippen LogP contribution in [-0.2, 0) is 9.47 Å². The largest absolute Gasteiger partial charge is 0.484 e. The monoisotopic (exact) mass is 370 g/mol. The summed E-state index contributed by atoms with van der Waals surface area (Å²) in [5, 5.41) is -0.197. The number of methoxy groups -OCH3 is 1. The van der Waals surface area contributed by atoms with Gasteiger partial charge in [-0.25, -0.2) is 4.39 Å². The molecule has 0 aliphatic heterocycles. The molecule has 0 amide bonds. The molecule has 3 unspecified atom stereocenters. The van der Waals surface area contributed by atoms with Gasteiger partial charge in [0.1, 0.15) is 12.2 Å². The van der Waals surface area contributed by atoms with Gasteiger partial charge in [0, 0.05) is 18.0 Å². The van der Waals surface area contributed by atoms with Crippen LogP contribution in [0.1, 0.15) is 6.42 Å². The maximum absolute atomic E-state index is 13.6. The maximum Gasteiger partial charge on any atom is 0.200 e. The number of hydrogen-bond acceptors (Lipinski definition) is 3. The molecule has 0 N–H and O–H groups in total. The van der Waals surface area contributed by atoms with Crippen molar-refractivity contribution >= 4 is 27.5 Å². The Hall–Kier alpha value is -0.430. The third-order valence-corrected chi connectivity index (χ3v) is 3.90. The molecule has 2 rings (SSSR count). The predicted octanol–water partition coefficient (Wildman–Crippen LogP) is 3.52. The van der Waals surface area contributed by atoms with Crippen LogP contribution in [0.5, 0.6) is 5.75 Å². The van der Waals surface area contributed by atoms with Crippen LogP contribution in [0.15, 0.2) is 16.6 Å². The lowest BCUT2D eigenvalue weighted by Gasteiger charge is -2.40. The van der Waals surface area contributed by atoms with Crippen LogP contribution in [-0.4, -0.2) is 37.9 Å². The molecule has 1 aromatic rings. The summed E-state index contributed by atoms with van der Waals surface area (Å²) in [7, 11) is 1.57. The Labute approximate surface area is 129 Å². The highest BCUT2D eigenvalue weighted by atomic mass is 79.9. The molecule has 7 heteroatoms. The van der Waals surface area contributed by atoms with Gasteiger partial charge in [-0.1, -0.05) is 15.9 Å². The van der Waals surface area contributed by atoms with Gasteiger partial charge in [0.05, 0.1) is 18.6 Å². The Morgan fingerprint density at radius 3 is 2.75 bits per heavy atom. The second kappa shape index (κ2) is 7.02. The van der Waals surface area contributed by atoms with Crippen molar-refractivity contribution in [1.29, 1.82) is 0 Å². The number of hydrogen-bond donors (Lipinski definition) is 0. The Morgan fingerprint density at radius 2 is 2.10 bits per heavy atom. The Balaban J connectivity index is 1.99. The van der Waals surface area contributed by atoms with Gasteiger partial charge in [0.2, 0.25) is 5.82 Å². The van der Waals surface area contributed by atoms with Gasteiger partial charge in [-0.05, 0) is 12.1 Å². The molecule has 0 aromatic heterocycles. The first-order valence-corrected chi connectivity index (χ1v) is 7.31. The summed E-state index contributed by atoms with van der Waals surface area (Å²) >= 11 is 9.13. The van der Waals surface area contributed by atoms with Gasteiger partial charge < -0.3 is 14.2 Å². The minimum Gasteiger partial charge on any atom is -0.484 e. The van der Waals surface area contributed by atoms with E-state index in [4.69, 9.17) is 25.8 Å². The molecule has 1 fully saturated rings. The van der Waals surface area contributed by atoms with Crippen LogP contribution in [0.25, 0.3) is 0 Å². The summed E-state index contributed by atoms with van der Waals surface area (Å²) in [6.07, 6.45) is -0.224. The van der Waals surface area contributed by atoms with Crippen molar-refractivity contribution in [3.05, 3.63) is 28.2 Å². The van der Waals surface area contributed by atoms with E-state index in [0.29, 0.717) is 24.1 Å². The number of benzene rings is 1. The second-order valence-electron chi connectivity index (χ2n) is 4.44. The normalized spacial score (nSPS) is 25.4. The molecule has 0 spiro atoms. The summed E-state index contributed by atoms with van der Waals surface area (Å²) in [4.78, 5) is 0. The van der Waals surface area contributed by atoms with Crippen molar-refractivity contribution in [3.63, 3.8) is 0 Å². The number of rotatable bonds is 6. The first-order valence-electron chi connectivity index (χ1n) is 6.08. The molecule has 1 aromatic carbocycles. The fourth-order valence-corrected chi connectivity index (χ4v) is 2.72. The molecular weight excluding hydrogens is 357 g/mol. The van der Waals surface area contributed by atoms with E-state index in [1.807, 2.05) is 0 Å². The first kappa shape index (κ1) is 15.9. The average molecular weight is 372 g/mol. The highest BCUT2D eigenvalue weighted by molar-refractivity contribution is 9.10. The third kappa shape index (κ3) is 3.61. The molecule has 112 valence electrons. The molecule has 0 radical (unpaired) electrons. The van der Waals surface area contributed by atoms with Crippen LogP contribution in [0, 0.1) is 11.6 Å². The van der Waals surface area contributed by atoms with E-state index < -0.39 is 17.7 Å². The maximum atomic E-state index is 13.6. The topological polar surface area (TPSA) is 27.7 Å². The summed E-state index contributed by atoms with van der Waals surface area (Å²) in [6, 6.07) is 2.42. The zero-order chi connectivity index (χ0) is 14.7. The third-order valence-electron chi connectivity index (χ3n) is 3.02. The van der Waals surface area contributed by atoms with Crippen molar-refractivity contribution in [2.24, 2.45) is 0 Å². The molecule has 0 bridgehead atoms. The first-order chi connectivity index (χ1) is 9.52. The van der Waals surface area contributed by atoms with Gasteiger partial charge in [-0.3, -0.25) is 0 Å². The summed E-state index contributed by atoms with van der Waals surface area (Å²) in [5.41, 5.74) is 0. The van der Waals surface area contributed by atoms with Gasteiger partial charge in [-0.15, -0.1) is 11.6 Å². The van der Waals surface area contributed by atoms with E-state index >= 15 is 0 Å². The van der Waals surface area contributed by atoms with Crippen LogP contribution < -0.4 is 4.74 Å². The zero-order valence-electron chi connectivity index (χ0n) is 10.7. The van der Waals surface area contributed by atoms with E-state index in [2.05, 4.69) is 15.9 Å². The Morgan fingerprint density at radius 1 is 1.35 bits per heavy atom. The van der Waals surface area contributed by atoms with E-state index in [9.17, 15) is 8.78 Å². The van der Waals surface area contributed by atoms with Gasteiger partial charge in [0.25, 0.3) is 0 Å². The van der Waals surface area contributed by atoms with Crippen LogP contribution >= 0.6 is 27.5 Å². The fourth-order valence-electron chi connectivity index (χ4n) is 1.90. The molecule has 20 heavy (non-hydrogen) atoms. The molecule has 3 nitrogen and oxygen atoms in total. The molecule has 1 aliphatic carbocycles. The Bertz CT molecular complexity index is 475. The predicted molar refractivity (Wildman–Crippen MR) is 74.3 cm³/mol. The Kier molecular flexibility index (Phi) is 5.60. The highest BCUT2D eigenvalue weighted by Crippen LogP contribution is 2.35. The van der Waals surface area contributed by atoms with Crippen molar-refractivity contribution in [2.45, 2.75) is 24.0 Å². The average Bonchev–Trinajstić information content (AvgIpc) is 2.39. The smallest absolute Gasteiger partial charge is 0.200 e. The van der Waals surface area contributed by atoms with E-state index in [0.717, 1.165) is 6.07 Å². The number of alkyl halides is 1. The SMILES string of the molecule is COCCOC1C(Cl)CC1Oc1cc(Br)cc(F)c1F. The lowest BCUT2D eigenvalue weighted by atomic mass is 9.91. The van der Waals surface area contributed by atoms with Crippen molar-refractivity contribution < 1.29 is 23.0 Å². The standard InChI is InChI=1S/C13H14BrClF2O3/c1-18-2-3-19-13-8(15)6-11(13)20-10-5-7(14)4-9(16)12(10)17/h4-5,8,11,13H,2-3,6H2,1H3.